The van der Waals surface area contributed by atoms with Crippen LogP contribution in [-0.4, -0.2) is 12.3 Å². The molecule has 3 nitrogen and oxygen atoms in total. The van der Waals surface area contributed by atoms with Crippen LogP contribution in [0, 0.1) is 6.92 Å². The standard InChI is InChI=1S/C16H14O3/c1-12-7-9-14(10-8-12)19-16(18)15(11-17)13-5-3-2-4-6-13/h2-11,15H,1H3. The molecule has 1 unspecified atom stereocenters. The topological polar surface area (TPSA) is 43.4 Å². The predicted octanol–water partition coefficient (Wildman–Crippen LogP) is 2.88. The summed E-state index contributed by atoms with van der Waals surface area (Å²) in [4.78, 5) is 23.1. The van der Waals surface area contributed by atoms with Crippen molar-refractivity contribution in [2.24, 2.45) is 0 Å². The van der Waals surface area contributed by atoms with Crippen molar-refractivity contribution in [2.45, 2.75) is 12.8 Å². The average Bonchev–Trinajstić information content (AvgIpc) is 2.43. The molecule has 0 heterocycles. The number of esters is 1. The Balaban J connectivity index is 2.14. The highest BCUT2D eigenvalue weighted by Gasteiger charge is 2.21. The van der Waals surface area contributed by atoms with Crippen LogP contribution >= 0.6 is 0 Å². The average molecular weight is 254 g/mol. The molecule has 0 bridgehead atoms. The van der Waals surface area contributed by atoms with Crippen molar-refractivity contribution in [3.8, 4) is 5.75 Å². The van der Waals surface area contributed by atoms with Gasteiger partial charge in [0.1, 0.15) is 18.0 Å². The number of aryl methyl sites for hydroxylation is 1. The third-order valence-corrected chi connectivity index (χ3v) is 2.79. The number of hydrogen-bond acceptors (Lipinski definition) is 3. The van der Waals surface area contributed by atoms with Crippen LogP contribution in [0.2, 0.25) is 0 Å². The summed E-state index contributed by atoms with van der Waals surface area (Å²) in [7, 11) is 0. The zero-order chi connectivity index (χ0) is 13.7. The normalized spacial score (nSPS) is 11.6. The first kappa shape index (κ1) is 13.0. The van der Waals surface area contributed by atoms with E-state index in [2.05, 4.69) is 0 Å². The Kier molecular flexibility index (Phi) is 4.08. The number of carbonyl (C=O) groups is 2. The second-order valence-electron chi connectivity index (χ2n) is 4.26. The minimum Gasteiger partial charge on any atom is -0.426 e. The van der Waals surface area contributed by atoms with E-state index in [1.54, 1.807) is 36.4 Å². The molecule has 0 aliphatic carbocycles. The van der Waals surface area contributed by atoms with Gasteiger partial charge in [-0.25, -0.2) is 0 Å². The third-order valence-electron chi connectivity index (χ3n) is 2.79. The van der Waals surface area contributed by atoms with E-state index in [4.69, 9.17) is 4.74 Å². The third kappa shape index (κ3) is 3.28. The summed E-state index contributed by atoms with van der Waals surface area (Å²) in [6, 6.07) is 16.0. The second-order valence-corrected chi connectivity index (χ2v) is 4.26. The van der Waals surface area contributed by atoms with E-state index in [1.807, 2.05) is 25.1 Å². The van der Waals surface area contributed by atoms with E-state index >= 15 is 0 Å². The molecule has 0 radical (unpaired) electrons. The van der Waals surface area contributed by atoms with Crippen LogP contribution in [0.3, 0.4) is 0 Å². The quantitative estimate of drug-likeness (QED) is 0.364. The van der Waals surface area contributed by atoms with Crippen molar-refractivity contribution in [2.75, 3.05) is 0 Å². The largest absolute Gasteiger partial charge is 0.426 e. The molecule has 2 rings (SSSR count). The van der Waals surface area contributed by atoms with E-state index in [0.29, 0.717) is 17.6 Å². The van der Waals surface area contributed by atoms with Gasteiger partial charge in [0.05, 0.1) is 0 Å². The molecule has 0 saturated carbocycles. The Morgan fingerprint density at radius 3 is 2.26 bits per heavy atom. The molecule has 0 amide bonds. The Morgan fingerprint density at radius 2 is 1.68 bits per heavy atom. The Hall–Kier alpha value is -2.42. The molecule has 3 heteroatoms. The van der Waals surface area contributed by atoms with E-state index in [-0.39, 0.29) is 0 Å². The molecule has 0 N–H and O–H groups in total. The number of carbonyl (C=O) groups excluding carboxylic acids is 2. The lowest BCUT2D eigenvalue weighted by atomic mass is 10.0. The van der Waals surface area contributed by atoms with Gasteiger partial charge in [0.15, 0.2) is 0 Å². The van der Waals surface area contributed by atoms with Gasteiger partial charge < -0.3 is 9.53 Å². The minimum atomic E-state index is -0.887. The summed E-state index contributed by atoms with van der Waals surface area (Å²) in [5.41, 5.74) is 1.71. The fourth-order valence-corrected chi connectivity index (χ4v) is 1.72. The summed E-state index contributed by atoms with van der Waals surface area (Å²) in [6.07, 6.45) is 0.603. The molecule has 0 saturated heterocycles. The lowest BCUT2D eigenvalue weighted by Gasteiger charge is -2.10. The first-order valence-electron chi connectivity index (χ1n) is 5.99. The molecule has 96 valence electrons. The van der Waals surface area contributed by atoms with Gasteiger partial charge in [-0.2, -0.15) is 0 Å². The van der Waals surface area contributed by atoms with Crippen LogP contribution in [0.1, 0.15) is 17.0 Å². The lowest BCUT2D eigenvalue weighted by molar-refractivity contribution is -0.137. The van der Waals surface area contributed by atoms with Crippen molar-refractivity contribution in [1.29, 1.82) is 0 Å². The zero-order valence-corrected chi connectivity index (χ0v) is 10.6. The van der Waals surface area contributed by atoms with Crippen LogP contribution in [-0.2, 0) is 9.59 Å². The number of ether oxygens (including phenoxy) is 1. The fourth-order valence-electron chi connectivity index (χ4n) is 1.72. The predicted molar refractivity (Wildman–Crippen MR) is 72.1 cm³/mol. The highest BCUT2D eigenvalue weighted by Crippen LogP contribution is 2.18. The summed E-state index contributed by atoms with van der Waals surface area (Å²) >= 11 is 0. The van der Waals surface area contributed by atoms with Crippen molar-refractivity contribution in [3.63, 3.8) is 0 Å². The van der Waals surface area contributed by atoms with Gasteiger partial charge in [0.25, 0.3) is 0 Å². The SMILES string of the molecule is Cc1ccc(OC(=O)C(C=O)c2ccccc2)cc1. The molecule has 0 spiro atoms. The fraction of sp³-hybridized carbons (Fsp3) is 0.125. The maximum absolute atomic E-state index is 12.0. The number of rotatable bonds is 4. The molecule has 0 fully saturated rings. The van der Waals surface area contributed by atoms with Crippen molar-refractivity contribution in [3.05, 3.63) is 65.7 Å². The number of aldehydes is 1. The molecule has 0 aliphatic rings. The van der Waals surface area contributed by atoms with Crippen molar-refractivity contribution < 1.29 is 14.3 Å². The first-order valence-corrected chi connectivity index (χ1v) is 5.99. The molecule has 2 aromatic carbocycles. The Morgan fingerprint density at radius 1 is 1.05 bits per heavy atom. The van der Waals surface area contributed by atoms with Crippen LogP contribution in [0.15, 0.2) is 54.6 Å². The smallest absolute Gasteiger partial charge is 0.326 e. The monoisotopic (exact) mass is 254 g/mol. The molecule has 0 aliphatic heterocycles. The van der Waals surface area contributed by atoms with Gasteiger partial charge >= 0.3 is 5.97 Å². The molecule has 0 aromatic heterocycles. The maximum atomic E-state index is 12.0. The lowest BCUT2D eigenvalue weighted by Crippen LogP contribution is -2.19. The molecule has 19 heavy (non-hydrogen) atoms. The molecular weight excluding hydrogens is 240 g/mol. The molecule has 2 aromatic rings. The number of hydrogen-bond donors (Lipinski definition) is 0. The van der Waals surface area contributed by atoms with E-state index in [0.717, 1.165) is 5.56 Å². The highest BCUT2D eigenvalue weighted by atomic mass is 16.5. The van der Waals surface area contributed by atoms with Gasteiger partial charge in [-0.3, -0.25) is 4.79 Å². The van der Waals surface area contributed by atoms with E-state index < -0.39 is 11.9 Å². The van der Waals surface area contributed by atoms with Gasteiger partial charge in [0.2, 0.25) is 0 Å². The van der Waals surface area contributed by atoms with E-state index in [1.165, 1.54) is 0 Å². The maximum Gasteiger partial charge on any atom is 0.326 e. The summed E-state index contributed by atoms with van der Waals surface area (Å²) in [5, 5.41) is 0. The minimum absolute atomic E-state index is 0.443. The summed E-state index contributed by atoms with van der Waals surface area (Å²) in [5.74, 6) is -1.01. The van der Waals surface area contributed by atoms with Gasteiger partial charge in [-0.1, -0.05) is 48.0 Å². The summed E-state index contributed by atoms with van der Waals surface area (Å²) in [6.45, 7) is 1.95. The first-order chi connectivity index (χ1) is 9.20. The highest BCUT2D eigenvalue weighted by molar-refractivity contribution is 5.95. The molecular formula is C16H14O3. The van der Waals surface area contributed by atoms with Crippen LogP contribution in [0.5, 0.6) is 5.75 Å². The van der Waals surface area contributed by atoms with Crippen LogP contribution < -0.4 is 4.74 Å². The van der Waals surface area contributed by atoms with Crippen LogP contribution in [0.25, 0.3) is 0 Å². The van der Waals surface area contributed by atoms with Gasteiger partial charge in [-0.05, 0) is 24.6 Å². The Labute approximate surface area is 111 Å². The summed E-state index contributed by atoms with van der Waals surface area (Å²) < 4.78 is 5.21. The Bertz CT molecular complexity index is 558. The second kappa shape index (κ2) is 5.96. The zero-order valence-electron chi connectivity index (χ0n) is 10.6. The molecule has 1 atom stereocenters. The van der Waals surface area contributed by atoms with Crippen LogP contribution in [0.4, 0.5) is 0 Å². The van der Waals surface area contributed by atoms with E-state index in [9.17, 15) is 9.59 Å². The van der Waals surface area contributed by atoms with Gasteiger partial charge in [-0.15, -0.1) is 0 Å². The van der Waals surface area contributed by atoms with Gasteiger partial charge in [0, 0.05) is 0 Å². The van der Waals surface area contributed by atoms with Crippen molar-refractivity contribution >= 4 is 12.3 Å². The number of benzene rings is 2. The van der Waals surface area contributed by atoms with Crippen molar-refractivity contribution in [1.82, 2.24) is 0 Å².